The van der Waals surface area contributed by atoms with Crippen molar-refractivity contribution in [2.45, 2.75) is 17.7 Å². The summed E-state index contributed by atoms with van der Waals surface area (Å²) in [4.78, 5) is -0.196. The van der Waals surface area contributed by atoms with E-state index in [0.717, 1.165) is 30.7 Å². The average Bonchev–Trinajstić information content (AvgIpc) is 2.33. The molecule has 0 saturated heterocycles. The molecule has 3 N–H and O–H groups in total. The van der Waals surface area contributed by atoms with Gasteiger partial charge in [-0.2, -0.15) is 11.8 Å². The molecule has 0 atom stereocenters. The molecule has 0 aromatic heterocycles. The lowest BCUT2D eigenvalue weighted by molar-refractivity contribution is 0.578. The SMILES string of the molecule is CSCCCCNS(=O)(=O)c1cc(N)c(F)cc1Cl. The number of sulfonamides is 1. The van der Waals surface area contributed by atoms with Crippen molar-refractivity contribution in [1.29, 1.82) is 0 Å². The van der Waals surface area contributed by atoms with Crippen LogP contribution in [0.25, 0.3) is 0 Å². The topological polar surface area (TPSA) is 72.2 Å². The maximum Gasteiger partial charge on any atom is 0.242 e. The zero-order valence-corrected chi connectivity index (χ0v) is 12.8. The van der Waals surface area contributed by atoms with Gasteiger partial charge in [-0.1, -0.05) is 11.6 Å². The number of benzene rings is 1. The number of hydrogen-bond donors (Lipinski definition) is 2. The Kier molecular flexibility index (Phi) is 6.38. The van der Waals surface area contributed by atoms with Crippen LogP contribution < -0.4 is 10.5 Å². The molecule has 0 fully saturated rings. The summed E-state index contributed by atoms with van der Waals surface area (Å²) in [6.07, 6.45) is 3.64. The number of hydrogen-bond acceptors (Lipinski definition) is 4. The van der Waals surface area contributed by atoms with Gasteiger partial charge in [0.1, 0.15) is 10.7 Å². The van der Waals surface area contributed by atoms with Gasteiger partial charge >= 0.3 is 0 Å². The lowest BCUT2D eigenvalue weighted by Crippen LogP contribution is -2.25. The van der Waals surface area contributed by atoms with Crippen molar-refractivity contribution < 1.29 is 12.8 Å². The van der Waals surface area contributed by atoms with E-state index < -0.39 is 15.8 Å². The van der Waals surface area contributed by atoms with Gasteiger partial charge in [0.15, 0.2) is 0 Å². The van der Waals surface area contributed by atoms with E-state index in [2.05, 4.69) is 4.72 Å². The van der Waals surface area contributed by atoms with E-state index in [9.17, 15) is 12.8 Å². The molecule has 0 radical (unpaired) electrons. The summed E-state index contributed by atoms with van der Waals surface area (Å²) in [5.41, 5.74) is 5.11. The fourth-order valence-electron chi connectivity index (χ4n) is 1.41. The van der Waals surface area contributed by atoms with Crippen LogP contribution in [-0.2, 0) is 10.0 Å². The van der Waals surface area contributed by atoms with Crippen LogP contribution in [0.2, 0.25) is 5.02 Å². The summed E-state index contributed by atoms with van der Waals surface area (Å²) in [7, 11) is -3.75. The molecular weight excluding hydrogens is 311 g/mol. The van der Waals surface area contributed by atoms with Crippen molar-refractivity contribution in [3.05, 3.63) is 23.0 Å². The Hall–Kier alpha value is -0.500. The molecular formula is C11H16ClFN2O2S2. The number of nitrogens with two attached hydrogens (primary N) is 1. The normalized spacial score (nSPS) is 11.7. The van der Waals surface area contributed by atoms with Gasteiger partial charge in [0, 0.05) is 6.54 Å². The minimum Gasteiger partial charge on any atom is -0.396 e. The molecule has 0 unspecified atom stereocenters. The van der Waals surface area contributed by atoms with Crippen molar-refractivity contribution in [1.82, 2.24) is 4.72 Å². The average molecular weight is 327 g/mol. The molecule has 0 bridgehead atoms. The minimum atomic E-state index is -3.75. The van der Waals surface area contributed by atoms with Crippen LogP contribution in [-0.4, -0.2) is 27.0 Å². The molecule has 0 aliphatic carbocycles. The molecule has 0 spiro atoms. The summed E-state index contributed by atoms with van der Waals surface area (Å²) >= 11 is 7.44. The third-order valence-corrected chi connectivity index (χ3v) is 5.03. The Morgan fingerprint density at radius 1 is 1.42 bits per heavy atom. The highest BCUT2D eigenvalue weighted by molar-refractivity contribution is 7.98. The fourth-order valence-corrected chi connectivity index (χ4v) is 3.52. The highest BCUT2D eigenvalue weighted by atomic mass is 35.5. The van der Waals surface area contributed by atoms with Crippen LogP contribution in [0.1, 0.15) is 12.8 Å². The van der Waals surface area contributed by atoms with Crippen LogP contribution >= 0.6 is 23.4 Å². The van der Waals surface area contributed by atoms with Crippen molar-refractivity contribution >= 4 is 39.1 Å². The molecule has 0 aliphatic rings. The van der Waals surface area contributed by atoms with Gasteiger partial charge in [-0.05, 0) is 37.0 Å². The van der Waals surface area contributed by atoms with Gasteiger partial charge in [0.25, 0.3) is 0 Å². The maximum absolute atomic E-state index is 13.1. The van der Waals surface area contributed by atoms with Gasteiger partial charge in [0.05, 0.1) is 10.7 Å². The van der Waals surface area contributed by atoms with Crippen molar-refractivity contribution in [2.24, 2.45) is 0 Å². The van der Waals surface area contributed by atoms with Crippen LogP contribution in [0.3, 0.4) is 0 Å². The first kappa shape index (κ1) is 16.6. The Morgan fingerprint density at radius 3 is 2.74 bits per heavy atom. The summed E-state index contributed by atoms with van der Waals surface area (Å²) in [6, 6.07) is 1.93. The molecule has 0 aliphatic heterocycles. The molecule has 1 aromatic rings. The van der Waals surface area contributed by atoms with Gasteiger partial charge < -0.3 is 5.73 Å². The molecule has 1 rings (SSSR count). The zero-order valence-electron chi connectivity index (χ0n) is 10.4. The summed E-state index contributed by atoms with van der Waals surface area (Å²) < 4.78 is 39.5. The molecule has 8 heteroatoms. The number of thioether (sulfide) groups is 1. The molecule has 0 amide bonds. The smallest absolute Gasteiger partial charge is 0.242 e. The third kappa shape index (κ3) is 4.83. The van der Waals surface area contributed by atoms with E-state index >= 15 is 0 Å². The number of nitrogen functional groups attached to an aromatic ring is 1. The summed E-state index contributed by atoms with van der Waals surface area (Å²) in [5.74, 6) is 0.246. The van der Waals surface area contributed by atoms with Gasteiger partial charge in [0.2, 0.25) is 10.0 Å². The zero-order chi connectivity index (χ0) is 14.5. The van der Waals surface area contributed by atoms with Crippen molar-refractivity contribution in [3.8, 4) is 0 Å². The Labute approximate surface area is 121 Å². The number of unbranched alkanes of at least 4 members (excludes halogenated alkanes) is 1. The third-order valence-electron chi connectivity index (χ3n) is 2.41. The molecule has 1 aromatic carbocycles. The molecule has 0 heterocycles. The monoisotopic (exact) mass is 326 g/mol. The predicted octanol–water partition coefficient (Wildman–Crippen LogP) is 2.48. The molecule has 0 saturated carbocycles. The highest BCUT2D eigenvalue weighted by Gasteiger charge is 2.19. The summed E-state index contributed by atoms with van der Waals surface area (Å²) in [5, 5.41) is -0.177. The first-order valence-corrected chi connectivity index (χ1v) is 8.87. The largest absolute Gasteiger partial charge is 0.396 e. The van der Waals surface area contributed by atoms with Crippen LogP contribution in [0.15, 0.2) is 17.0 Å². The number of nitrogens with one attached hydrogen (secondary N) is 1. The first-order valence-electron chi connectivity index (χ1n) is 5.61. The van der Waals surface area contributed by atoms with Gasteiger partial charge in [-0.25, -0.2) is 17.5 Å². The van der Waals surface area contributed by atoms with E-state index in [1.165, 1.54) is 0 Å². The van der Waals surface area contributed by atoms with Crippen LogP contribution in [0, 0.1) is 5.82 Å². The lowest BCUT2D eigenvalue weighted by Gasteiger charge is -2.09. The molecule has 4 nitrogen and oxygen atoms in total. The standard InChI is InChI=1S/C11H16ClFN2O2S2/c1-18-5-3-2-4-15-19(16,17)11-7-10(14)9(13)6-8(11)12/h6-7,15H,2-5,14H2,1H3. The minimum absolute atomic E-state index is 0.177. The highest BCUT2D eigenvalue weighted by Crippen LogP contribution is 2.26. The second-order valence-electron chi connectivity index (χ2n) is 3.90. The van der Waals surface area contributed by atoms with E-state index in [1.807, 2.05) is 6.26 Å². The number of halogens is 2. The van der Waals surface area contributed by atoms with Crippen molar-refractivity contribution in [3.63, 3.8) is 0 Å². The Balaban J connectivity index is 2.75. The lowest BCUT2D eigenvalue weighted by atomic mass is 10.3. The van der Waals surface area contributed by atoms with Gasteiger partial charge in [-0.3, -0.25) is 0 Å². The number of anilines is 1. The second kappa shape index (κ2) is 7.33. The second-order valence-corrected chi connectivity index (χ2v) is 7.03. The first-order chi connectivity index (χ1) is 8.88. The number of rotatable bonds is 7. The quantitative estimate of drug-likeness (QED) is 0.596. The van der Waals surface area contributed by atoms with E-state index in [0.29, 0.717) is 6.54 Å². The van der Waals surface area contributed by atoms with E-state index in [-0.39, 0.29) is 15.6 Å². The maximum atomic E-state index is 13.1. The van der Waals surface area contributed by atoms with Crippen LogP contribution in [0.4, 0.5) is 10.1 Å². The fraction of sp³-hybridized carbons (Fsp3) is 0.455. The summed E-state index contributed by atoms with van der Waals surface area (Å²) in [6.45, 7) is 0.316. The van der Waals surface area contributed by atoms with E-state index in [1.54, 1.807) is 11.8 Å². The van der Waals surface area contributed by atoms with E-state index in [4.69, 9.17) is 17.3 Å². The van der Waals surface area contributed by atoms with Gasteiger partial charge in [-0.15, -0.1) is 0 Å². The Morgan fingerprint density at radius 2 is 2.11 bits per heavy atom. The molecule has 108 valence electrons. The predicted molar refractivity (Wildman–Crippen MR) is 78.6 cm³/mol. The van der Waals surface area contributed by atoms with Crippen molar-refractivity contribution in [2.75, 3.05) is 24.3 Å². The van der Waals surface area contributed by atoms with Crippen LogP contribution in [0.5, 0.6) is 0 Å². The Bertz CT molecular complexity index is 538. The molecule has 19 heavy (non-hydrogen) atoms.